The summed E-state index contributed by atoms with van der Waals surface area (Å²) >= 11 is 0. The van der Waals surface area contributed by atoms with E-state index in [9.17, 15) is 4.79 Å². The molecule has 0 aromatic heterocycles. The van der Waals surface area contributed by atoms with Crippen LogP contribution in [0.5, 0.6) is 5.75 Å². The van der Waals surface area contributed by atoms with E-state index in [0.29, 0.717) is 12.5 Å². The lowest BCUT2D eigenvalue weighted by Crippen LogP contribution is -2.52. The van der Waals surface area contributed by atoms with E-state index in [2.05, 4.69) is 11.8 Å². The van der Waals surface area contributed by atoms with Gasteiger partial charge in [0.25, 0.3) is 0 Å². The first kappa shape index (κ1) is 18.5. The minimum Gasteiger partial charge on any atom is -0.492 e. The molecule has 1 saturated heterocycles. The average Bonchev–Trinajstić information content (AvgIpc) is 2.65. The maximum absolute atomic E-state index is 12.3. The zero-order valence-electron chi connectivity index (χ0n) is 15.7. The summed E-state index contributed by atoms with van der Waals surface area (Å²) < 4.78 is 5.82. The van der Waals surface area contributed by atoms with Crippen LogP contribution in [-0.4, -0.2) is 43.1 Å². The molecule has 0 radical (unpaired) electrons. The Morgan fingerprint density at radius 1 is 1.12 bits per heavy atom. The molecular formula is C22H28N2O2. The Morgan fingerprint density at radius 2 is 1.77 bits per heavy atom. The summed E-state index contributed by atoms with van der Waals surface area (Å²) in [5.74, 6) is 1.46. The minimum atomic E-state index is 0.119. The van der Waals surface area contributed by atoms with E-state index in [1.165, 1.54) is 0 Å². The third kappa shape index (κ3) is 4.64. The quantitative estimate of drug-likeness (QED) is 0.792. The molecule has 0 saturated carbocycles. The van der Waals surface area contributed by atoms with E-state index < -0.39 is 0 Å². The van der Waals surface area contributed by atoms with Gasteiger partial charge in [0.1, 0.15) is 12.4 Å². The molecule has 1 aliphatic rings. The fourth-order valence-electron chi connectivity index (χ4n) is 3.81. The molecule has 4 nitrogen and oxygen atoms in total. The van der Waals surface area contributed by atoms with E-state index in [1.54, 1.807) is 6.92 Å². The van der Waals surface area contributed by atoms with Crippen LogP contribution in [0.2, 0.25) is 0 Å². The number of para-hydroxylation sites is 2. The second-order valence-corrected chi connectivity index (χ2v) is 7.02. The first-order chi connectivity index (χ1) is 12.6. The standard InChI is InChI=1S/C22H28N2O2/c1-18-17-23(15-16-26-21-11-7-4-8-12-21)14-13-22(18)24(19(2)25)20-9-5-3-6-10-20/h3-12,18,22H,13-17H2,1-2H3. The molecular weight excluding hydrogens is 324 g/mol. The fraction of sp³-hybridized carbons (Fsp3) is 0.409. The number of likely N-dealkylation sites (tertiary alicyclic amines) is 1. The molecule has 2 aromatic rings. The van der Waals surface area contributed by atoms with Crippen molar-refractivity contribution in [2.45, 2.75) is 26.3 Å². The number of carbonyl (C=O) groups is 1. The zero-order valence-corrected chi connectivity index (χ0v) is 15.7. The predicted octanol–water partition coefficient (Wildman–Crippen LogP) is 3.83. The molecule has 0 bridgehead atoms. The highest BCUT2D eigenvalue weighted by atomic mass is 16.5. The number of benzene rings is 2. The number of piperidine rings is 1. The van der Waals surface area contributed by atoms with Gasteiger partial charge in [-0.25, -0.2) is 0 Å². The van der Waals surface area contributed by atoms with Crippen molar-refractivity contribution in [2.24, 2.45) is 5.92 Å². The fourth-order valence-corrected chi connectivity index (χ4v) is 3.81. The monoisotopic (exact) mass is 352 g/mol. The Labute approximate surface area is 156 Å². The van der Waals surface area contributed by atoms with Crippen molar-refractivity contribution in [3.8, 4) is 5.75 Å². The average molecular weight is 352 g/mol. The molecule has 0 spiro atoms. The van der Waals surface area contributed by atoms with Crippen LogP contribution in [0.4, 0.5) is 5.69 Å². The van der Waals surface area contributed by atoms with Crippen LogP contribution in [0.15, 0.2) is 60.7 Å². The van der Waals surface area contributed by atoms with Gasteiger partial charge in [-0.1, -0.05) is 43.3 Å². The van der Waals surface area contributed by atoms with Crippen LogP contribution in [-0.2, 0) is 4.79 Å². The van der Waals surface area contributed by atoms with Crippen LogP contribution < -0.4 is 9.64 Å². The Bertz CT molecular complexity index is 690. The van der Waals surface area contributed by atoms with Crippen molar-refractivity contribution in [1.82, 2.24) is 4.90 Å². The Morgan fingerprint density at radius 3 is 2.38 bits per heavy atom. The second kappa shape index (κ2) is 8.86. The molecule has 4 heteroatoms. The Hall–Kier alpha value is -2.33. The molecule has 138 valence electrons. The van der Waals surface area contributed by atoms with Crippen LogP contribution >= 0.6 is 0 Å². The smallest absolute Gasteiger partial charge is 0.224 e. The van der Waals surface area contributed by atoms with Gasteiger partial charge in [-0.3, -0.25) is 9.69 Å². The van der Waals surface area contributed by atoms with Crippen molar-refractivity contribution < 1.29 is 9.53 Å². The van der Waals surface area contributed by atoms with Crippen molar-refractivity contribution >= 4 is 11.6 Å². The highest BCUT2D eigenvalue weighted by molar-refractivity contribution is 5.92. The van der Waals surface area contributed by atoms with Gasteiger partial charge in [0, 0.05) is 38.3 Å². The van der Waals surface area contributed by atoms with Gasteiger partial charge in [0.15, 0.2) is 0 Å². The number of nitrogens with zero attached hydrogens (tertiary/aromatic N) is 2. The lowest BCUT2D eigenvalue weighted by atomic mass is 9.91. The molecule has 3 rings (SSSR count). The maximum Gasteiger partial charge on any atom is 0.224 e. The van der Waals surface area contributed by atoms with Gasteiger partial charge < -0.3 is 9.64 Å². The molecule has 0 aliphatic carbocycles. The molecule has 1 fully saturated rings. The zero-order chi connectivity index (χ0) is 18.4. The summed E-state index contributed by atoms with van der Waals surface area (Å²) in [5.41, 5.74) is 0.998. The third-order valence-corrected chi connectivity index (χ3v) is 5.07. The Kier molecular flexibility index (Phi) is 6.29. The Balaban J connectivity index is 1.55. The normalized spacial score (nSPS) is 20.5. The number of ether oxygens (including phenoxy) is 1. The summed E-state index contributed by atoms with van der Waals surface area (Å²) in [6.07, 6.45) is 0.987. The molecule has 0 N–H and O–H groups in total. The molecule has 1 heterocycles. The summed E-state index contributed by atoms with van der Waals surface area (Å²) in [6.45, 7) is 7.49. The number of hydrogen-bond donors (Lipinski definition) is 0. The number of anilines is 1. The van der Waals surface area contributed by atoms with Gasteiger partial charge in [-0.15, -0.1) is 0 Å². The summed E-state index contributed by atoms with van der Waals surface area (Å²) in [7, 11) is 0. The summed E-state index contributed by atoms with van der Waals surface area (Å²) in [6, 6.07) is 20.2. The third-order valence-electron chi connectivity index (χ3n) is 5.07. The van der Waals surface area contributed by atoms with Gasteiger partial charge in [0.2, 0.25) is 5.91 Å². The van der Waals surface area contributed by atoms with Gasteiger partial charge in [-0.05, 0) is 36.6 Å². The van der Waals surface area contributed by atoms with E-state index in [1.807, 2.05) is 65.6 Å². The van der Waals surface area contributed by atoms with Crippen LogP contribution in [0.3, 0.4) is 0 Å². The SMILES string of the molecule is CC(=O)N(c1ccccc1)C1CCN(CCOc2ccccc2)CC1C. The molecule has 26 heavy (non-hydrogen) atoms. The van der Waals surface area contributed by atoms with Gasteiger partial charge in [0.05, 0.1) is 0 Å². The summed E-state index contributed by atoms with van der Waals surface area (Å²) in [5, 5.41) is 0. The van der Waals surface area contributed by atoms with E-state index in [-0.39, 0.29) is 11.9 Å². The molecule has 2 atom stereocenters. The van der Waals surface area contributed by atoms with Crippen molar-refractivity contribution in [3.63, 3.8) is 0 Å². The molecule has 1 aliphatic heterocycles. The maximum atomic E-state index is 12.3. The largest absolute Gasteiger partial charge is 0.492 e. The first-order valence-electron chi connectivity index (χ1n) is 9.40. The van der Waals surface area contributed by atoms with Crippen molar-refractivity contribution in [1.29, 1.82) is 0 Å². The summed E-state index contributed by atoms with van der Waals surface area (Å²) in [4.78, 5) is 16.7. The lowest BCUT2D eigenvalue weighted by molar-refractivity contribution is -0.117. The van der Waals surface area contributed by atoms with E-state index >= 15 is 0 Å². The van der Waals surface area contributed by atoms with Crippen LogP contribution in [0.1, 0.15) is 20.3 Å². The van der Waals surface area contributed by atoms with E-state index in [4.69, 9.17) is 4.74 Å². The van der Waals surface area contributed by atoms with Crippen molar-refractivity contribution in [3.05, 3.63) is 60.7 Å². The van der Waals surface area contributed by atoms with Crippen LogP contribution in [0, 0.1) is 5.92 Å². The highest BCUT2D eigenvalue weighted by Gasteiger charge is 2.32. The van der Waals surface area contributed by atoms with E-state index in [0.717, 1.165) is 37.5 Å². The highest BCUT2D eigenvalue weighted by Crippen LogP contribution is 2.27. The number of carbonyl (C=O) groups excluding carboxylic acids is 1. The topological polar surface area (TPSA) is 32.8 Å². The van der Waals surface area contributed by atoms with Crippen molar-refractivity contribution in [2.75, 3.05) is 31.1 Å². The predicted molar refractivity (Wildman–Crippen MR) is 106 cm³/mol. The molecule has 2 aromatic carbocycles. The lowest BCUT2D eigenvalue weighted by Gasteiger charge is -2.42. The number of rotatable bonds is 6. The number of amides is 1. The molecule has 2 unspecified atom stereocenters. The minimum absolute atomic E-state index is 0.119. The van der Waals surface area contributed by atoms with Gasteiger partial charge >= 0.3 is 0 Å². The number of hydrogen-bond acceptors (Lipinski definition) is 3. The van der Waals surface area contributed by atoms with Crippen LogP contribution in [0.25, 0.3) is 0 Å². The molecule has 1 amide bonds. The second-order valence-electron chi connectivity index (χ2n) is 7.02. The first-order valence-corrected chi connectivity index (χ1v) is 9.40. The van der Waals surface area contributed by atoms with Gasteiger partial charge in [-0.2, -0.15) is 0 Å².